The second-order valence-corrected chi connectivity index (χ2v) is 11.6. The molecule has 0 atom stereocenters. The van der Waals surface area contributed by atoms with Crippen molar-refractivity contribution in [3.05, 3.63) is 84.4 Å². The first-order valence-electron chi connectivity index (χ1n) is 16.4. The van der Waals surface area contributed by atoms with E-state index in [-0.39, 0.29) is 0 Å². The number of ether oxygens (including phenoxy) is 1. The van der Waals surface area contributed by atoms with E-state index in [0.717, 1.165) is 83.2 Å². The van der Waals surface area contributed by atoms with Crippen molar-refractivity contribution in [3.63, 3.8) is 0 Å². The van der Waals surface area contributed by atoms with Crippen molar-refractivity contribution in [1.82, 2.24) is 15.1 Å². The van der Waals surface area contributed by atoms with Crippen LogP contribution in [0.15, 0.2) is 73.3 Å². The molecule has 4 N–H and O–H groups in total. The summed E-state index contributed by atoms with van der Waals surface area (Å²) < 4.78 is 5.05. The molecule has 2 aliphatic heterocycles. The van der Waals surface area contributed by atoms with Gasteiger partial charge in [-0.2, -0.15) is 0 Å². The first-order chi connectivity index (χ1) is 22.9. The molecule has 0 aromatic heterocycles. The summed E-state index contributed by atoms with van der Waals surface area (Å²) in [4.78, 5) is 28.8. The number of aryl methyl sites for hydroxylation is 1. The van der Waals surface area contributed by atoms with Gasteiger partial charge in [-0.1, -0.05) is 12.1 Å². The lowest BCUT2D eigenvalue weighted by Crippen LogP contribution is -2.51. The molecule has 0 saturated carbocycles. The third kappa shape index (κ3) is 12.8. The van der Waals surface area contributed by atoms with Gasteiger partial charge in [0.2, 0.25) is 0 Å². The Morgan fingerprint density at radius 1 is 0.851 bits per heavy atom. The quantitative estimate of drug-likeness (QED) is 0.116. The number of nitrogens with two attached hydrogens (primary N) is 1. The molecule has 0 amide bonds. The molecule has 10 heteroatoms. The van der Waals surface area contributed by atoms with Crippen LogP contribution in [0.4, 0.5) is 22.7 Å². The highest BCUT2D eigenvalue weighted by atomic mass is 16.5. The molecule has 2 fully saturated rings. The number of hydrogen-bond acceptors (Lipinski definition) is 10. The standard InChI is InChI=1S/C24H36N6.C11H15NO2.C2H2O/c1-20-19-23(7-8-24(20)26-2)30-17-13-28(14-18-30)10-9-27-11-15-29(16-12-27)22-5-3-21(25)4-6-22;1-14-11-5-3-10(4-6-11)9-12-7-2-8-13;1-2-3/h3-8,19,26H,9-18,25H2,1-2H3;3-6,8,12H,2,7,9H2,1H3;1H2. The third-order valence-electron chi connectivity index (χ3n) is 8.51. The number of hydrogen-bond donors (Lipinski definition) is 3. The summed E-state index contributed by atoms with van der Waals surface area (Å²) in [6.45, 7) is 17.7. The van der Waals surface area contributed by atoms with Gasteiger partial charge in [0.1, 0.15) is 18.0 Å². The molecule has 0 spiro atoms. The Bertz CT molecular complexity index is 1350. The van der Waals surface area contributed by atoms with E-state index in [1.165, 1.54) is 47.2 Å². The summed E-state index contributed by atoms with van der Waals surface area (Å²) in [5, 5.41) is 6.42. The molecule has 0 aliphatic carbocycles. The van der Waals surface area contributed by atoms with Crippen molar-refractivity contribution in [1.29, 1.82) is 0 Å². The summed E-state index contributed by atoms with van der Waals surface area (Å²) in [6, 6.07) is 22.9. The molecule has 254 valence electrons. The smallest absolute Gasteiger partial charge is 0.121 e. The van der Waals surface area contributed by atoms with Crippen molar-refractivity contribution < 1.29 is 14.3 Å². The van der Waals surface area contributed by atoms with Crippen molar-refractivity contribution >= 4 is 35.0 Å². The summed E-state index contributed by atoms with van der Waals surface area (Å²) in [5.74, 6) is 2.11. The Kier molecular flexibility index (Phi) is 16.4. The van der Waals surface area contributed by atoms with E-state index in [1.807, 2.05) is 43.4 Å². The topological polar surface area (TPSA) is 106 Å². The van der Waals surface area contributed by atoms with Crippen LogP contribution in [0.3, 0.4) is 0 Å². The lowest BCUT2D eigenvalue weighted by molar-refractivity contribution is -0.107. The molecule has 0 unspecified atom stereocenters. The van der Waals surface area contributed by atoms with Crippen molar-refractivity contribution in [2.45, 2.75) is 19.9 Å². The second kappa shape index (κ2) is 20.7. The normalized spacial score (nSPS) is 15.0. The van der Waals surface area contributed by atoms with E-state index in [2.05, 4.69) is 74.1 Å². The number of anilines is 4. The number of piperazine rings is 2. The molecule has 2 saturated heterocycles. The fourth-order valence-corrected chi connectivity index (χ4v) is 5.69. The lowest BCUT2D eigenvalue weighted by Gasteiger charge is -2.39. The van der Waals surface area contributed by atoms with Gasteiger partial charge in [-0.05, 0) is 79.2 Å². The number of rotatable bonds is 12. The Labute approximate surface area is 281 Å². The van der Waals surface area contributed by atoms with Gasteiger partial charge in [-0.25, -0.2) is 4.79 Å². The molecule has 5 rings (SSSR count). The van der Waals surface area contributed by atoms with Crippen LogP contribution in [0.5, 0.6) is 5.75 Å². The number of nitrogens with one attached hydrogen (secondary N) is 2. The van der Waals surface area contributed by atoms with Gasteiger partial charge in [0, 0.05) is 115 Å². The van der Waals surface area contributed by atoms with Gasteiger partial charge in [0.05, 0.1) is 7.11 Å². The lowest BCUT2D eigenvalue weighted by atomic mass is 10.1. The van der Waals surface area contributed by atoms with Crippen LogP contribution < -0.4 is 30.9 Å². The second-order valence-electron chi connectivity index (χ2n) is 11.6. The number of nitrogen functional groups attached to an aromatic ring is 1. The number of nitrogens with zero attached hydrogens (tertiary/aromatic N) is 4. The van der Waals surface area contributed by atoms with Crippen LogP contribution >= 0.6 is 0 Å². The van der Waals surface area contributed by atoms with E-state index in [1.54, 1.807) is 7.11 Å². The molecule has 10 nitrogen and oxygen atoms in total. The first kappa shape index (κ1) is 37.1. The Morgan fingerprint density at radius 2 is 1.38 bits per heavy atom. The Balaban J connectivity index is 0.000000295. The number of carbonyl (C=O) groups excluding carboxylic acids is 2. The van der Waals surface area contributed by atoms with Gasteiger partial charge in [0.15, 0.2) is 0 Å². The maximum atomic E-state index is 10.0. The maximum Gasteiger partial charge on any atom is 0.121 e. The SMILES string of the molecule is C=C=O.CNc1ccc(N2CCN(CCN3CCN(c4ccc(N)cc4)CC3)CC2)cc1C.COc1ccc(CNCCC=O)cc1. The largest absolute Gasteiger partial charge is 0.497 e. The number of carbonyl (C=O) groups is 1. The zero-order chi connectivity index (χ0) is 33.9. The summed E-state index contributed by atoms with van der Waals surface area (Å²) in [5.41, 5.74) is 13.0. The Hall–Kier alpha value is -4.34. The highest BCUT2D eigenvalue weighted by Gasteiger charge is 2.21. The molecular weight excluding hydrogens is 590 g/mol. The van der Waals surface area contributed by atoms with Crippen LogP contribution in [-0.2, 0) is 16.1 Å². The van der Waals surface area contributed by atoms with Crippen LogP contribution in [0.2, 0.25) is 0 Å². The first-order valence-corrected chi connectivity index (χ1v) is 16.4. The van der Waals surface area contributed by atoms with E-state index >= 15 is 0 Å². The zero-order valence-electron chi connectivity index (χ0n) is 28.4. The highest BCUT2D eigenvalue weighted by Crippen LogP contribution is 2.23. The predicted molar refractivity (Wildman–Crippen MR) is 196 cm³/mol. The van der Waals surface area contributed by atoms with E-state index in [0.29, 0.717) is 6.42 Å². The van der Waals surface area contributed by atoms with Crippen LogP contribution in [-0.4, -0.2) is 108 Å². The summed E-state index contributed by atoms with van der Waals surface area (Å²) >= 11 is 0. The molecule has 0 bridgehead atoms. The average Bonchev–Trinajstić information content (AvgIpc) is 3.11. The van der Waals surface area contributed by atoms with Crippen LogP contribution in [0.1, 0.15) is 17.5 Å². The molecule has 3 aromatic rings. The zero-order valence-corrected chi connectivity index (χ0v) is 28.4. The molecular formula is C37H53N7O3. The molecule has 2 heterocycles. The summed E-state index contributed by atoms with van der Waals surface area (Å²) in [6.07, 6.45) is 1.48. The van der Waals surface area contributed by atoms with Gasteiger partial charge in [-0.3, -0.25) is 9.80 Å². The van der Waals surface area contributed by atoms with Gasteiger partial charge in [0.25, 0.3) is 0 Å². The fraction of sp³-hybridized carbons (Fsp3) is 0.432. The molecule has 0 radical (unpaired) electrons. The van der Waals surface area contributed by atoms with Crippen LogP contribution in [0, 0.1) is 6.92 Å². The fourth-order valence-electron chi connectivity index (χ4n) is 5.69. The number of benzene rings is 3. The maximum absolute atomic E-state index is 10.0. The minimum atomic E-state index is 0.566. The number of methoxy groups -OCH3 is 1. The van der Waals surface area contributed by atoms with Crippen LogP contribution in [0.25, 0.3) is 0 Å². The average molecular weight is 644 g/mol. The third-order valence-corrected chi connectivity index (χ3v) is 8.51. The van der Waals surface area contributed by atoms with E-state index in [4.69, 9.17) is 15.3 Å². The van der Waals surface area contributed by atoms with Crippen molar-refractivity contribution in [3.8, 4) is 5.75 Å². The van der Waals surface area contributed by atoms with E-state index in [9.17, 15) is 4.79 Å². The molecule has 3 aromatic carbocycles. The van der Waals surface area contributed by atoms with Gasteiger partial charge in [-0.15, -0.1) is 0 Å². The Morgan fingerprint density at radius 3 is 1.87 bits per heavy atom. The predicted octanol–water partition coefficient (Wildman–Crippen LogP) is 3.94. The van der Waals surface area contributed by atoms with Gasteiger partial charge >= 0.3 is 0 Å². The minimum absolute atomic E-state index is 0.566. The van der Waals surface area contributed by atoms with Crippen molar-refractivity contribution in [2.75, 3.05) is 107 Å². The summed E-state index contributed by atoms with van der Waals surface area (Å²) in [7, 11) is 3.63. The minimum Gasteiger partial charge on any atom is -0.497 e. The number of aldehydes is 1. The molecule has 2 aliphatic rings. The monoisotopic (exact) mass is 643 g/mol. The van der Waals surface area contributed by atoms with Crippen molar-refractivity contribution in [2.24, 2.45) is 0 Å². The van der Waals surface area contributed by atoms with E-state index < -0.39 is 0 Å². The van der Waals surface area contributed by atoms with Gasteiger partial charge < -0.3 is 35.7 Å². The molecule has 47 heavy (non-hydrogen) atoms. The highest BCUT2D eigenvalue weighted by molar-refractivity contribution is 5.60.